The highest BCUT2D eigenvalue weighted by molar-refractivity contribution is 6.33. The lowest BCUT2D eigenvalue weighted by Gasteiger charge is -2.25. The molecule has 1 aromatic carbocycles. The Labute approximate surface area is 101 Å². The van der Waals surface area contributed by atoms with E-state index in [-0.39, 0.29) is 0 Å². The van der Waals surface area contributed by atoms with Crippen LogP contribution in [0, 0.1) is 0 Å². The van der Waals surface area contributed by atoms with E-state index in [1.54, 1.807) is 14.2 Å². The number of hydrogen-bond donors (Lipinski definition) is 1. The van der Waals surface area contributed by atoms with E-state index >= 15 is 0 Å². The Balaban J connectivity index is 2.53. The van der Waals surface area contributed by atoms with Gasteiger partial charge in [0, 0.05) is 12.6 Å². The number of hydrogen-bond acceptors (Lipinski definition) is 3. The average molecular weight is 242 g/mol. The second-order valence-corrected chi connectivity index (χ2v) is 4.43. The number of fused-ring (bicyclic) bond motifs is 1. The van der Waals surface area contributed by atoms with E-state index in [4.69, 9.17) is 21.1 Å². The van der Waals surface area contributed by atoms with Gasteiger partial charge >= 0.3 is 0 Å². The highest BCUT2D eigenvalue weighted by atomic mass is 35.5. The van der Waals surface area contributed by atoms with Gasteiger partial charge in [0.1, 0.15) is 0 Å². The van der Waals surface area contributed by atoms with Gasteiger partial charge in [-0.1, -0.05) is 11.6 Å². The smallest absolute Gasteiger partial charge is 0.179 e. The quantitative estimate of drug-likeness (QED) is 0.863. The topological polar surface area (TPSA) is 30.5 Å². The van der Waals surface area contributed by atoms with Crippen molar-refractivity contribution in [1.29, 1.82) is 0 Å². The molecule has 1 aliphatic heterocycles. The minimum absolute atomic E-state index is 0.474. The molecule has 0 aromatic heterocycles. The van der Waals surface area contributed by atoms with Crippen LogP contribution in [-0.4, -0.2) is 20.3 Å². The summed E-state index contributed by atoms with van der Waals surface area (Å²) in [6.07, 6.45) is 0.968. The van der Waals surface area contributed by atoms with Gasteiger partial charge in [-0.2, -0.15) is 0 Å². The Morgan fingerprint density at radius 3 is 2.75 bits per heavy atom. The van der Waals surface area contributed by atoms with Crippen molar-refractivity contribution < 1.29 is 9.47 Å². The molecule has 1 heterocycles. The van der Waals surface area contributed by atoms with E-state index in [1.165, 1.54) is 5.56 Å². The first-order valence-corrected chi connectivity index (χ1v) is 5.70. The summed E-state index contributed by atoms with van der Waals surface area (Å²) in [5.41, 5.74) is 2.37. The van der Waals surface area contributed by atoms with Crippen molar-refractivity contribution in [3.63, 3.8) is 0 Å². The molecule has 1 aromatic rings. The molecule has 1 unspecified atom stereocenters. The molecule has 0 aliphatic carbocycles. The monoisotopic (exact) mass is 241 g/mol. The van der Waals surface area contributed by atoms with Crippen molar-refractivity contribution in [3.8, 4) is 11.5 Å². The zero-order valence-corrected chi connectivity index (χ0v) is 10.5. The molecule has 1 N–H and O–H groups in total. The molecule has 4 heteroatoms. The van der Waals surface area contributed by atoms with Crippen molar-refractivity contribution in [1.82, 2.24) is 5.32 Å². The SMILES string of the molecule is COc1cc2c(c(Cl)c1OC)CNC(C)C2. The maximum Gasteiger partial charge on any atom is 0.179 e. The first-order valence-electron chi connectivity index (χ1n) is 5.33. The molecule has 2 rings (SSSR count). The summed E-state index contributed by atoms with van der Waals surface area (Å²) >= 11 is 6.31. The zero-order valence-electron chi connectivity index (χ0n) is 9.76. The summed E-state index contributed by atoms with van der Waals surface area (Å²) in [6, 6.07) is 2.50. The van der Waals surface area contributed by atoms with E-state index in [0.717, 1.165) is 18.5 Å². The number of ether oxygens (including phenoxy) is 2. The fraction of sp³-hybridized carbons (Fsp3) is 0.500. The molecule has 1 atom stereocenters. The highest BCUT2D eigenvalue weighted by Gasteiger charge is 2.22. The van der Waals surface area contributed by atoms with Crippen LogP contribution in [0.1, 0.15) is 18.1 Å². The fourth-order valence-corrected chi connectivity index (χ4v) is 2.45. The van der Waals surface area contributed by atoms with Crippen LogP contribution in [0.15, 0.2) is 6.07 Å². The van der Waals surface area contributed by atoms with Gasteiger partial charge in [0.25, 0.3) is 0 Å². The molecule has 0 fully saturated rings. The van der Waals surface area contributed by atoms with Gasteiger partial charge in [-0.15, -0.1) is 0 Å². The Bertz CT molecular complexity index is 406. The molecule has 0 spiro atoms. The van der Waals surface area contributed by atoms with Crippen molar-refractivity contribution >= 4 is 11.6 Å². The lowest BCUT2D eigenvalue weighted by atomic mass is 9.96. The summed E-state index contributed by atoms with van der Waals surface area (Å²) in [4.78, 5) is 0. The summed E-state index contributed by atoms with van der Waals surface area (Å²) in [5, 5.41) is 4.05. The van der Waals surface area contributed by atoms with Crippen LogP contribution in [0.25, 0.3) is 0 Å². The number of nitrogens with one attached hydrogen (secondary N) is 1. The van der Waals surface area contributed by atoms with Crippen LogP contribution < -0.4 is 14.8 Å². The Morgan fingerprint density at radius 1 is 1.38 bits per heavy atom. The van der Waals surface area contributed by atoms with Crippen molar-refractivity contribution in [3.05, 3.63) is 22.2 Å². The molecule has 0 amide bonds. The fourth-order valence-electron chi connectivity index (χ4n) is 2.09. The largest absolute Gasteiger partial charge is 0.493 e. The van der Waals surface area contributed by atoms with Crippen LogP contribution in [0.4, 0.5) is 0 Å². The third kappa shape index (κ3) is 1.85. The Morgan fingerprint density at radius 2 is 2.12 bits per heavy atom. The van der Waals surface area contributed by atoms with Crippen LogP contribution in [0.3, 0.4) is 0 Å². The highest BCUT2D eigenvalue weighted by Crippen LogP contribution is 2.40. The molecule has 0 bridgehead atoms. The van der Waals surface area contributed by atoms with Crippen molar-refractivity contribution in [2.45, 2.75) is 25.9 Å². The van der Waals surface area contributed by atoms with Crippen LogP contribution >= 0.6 is 11.6 Å². The number of benzene rings is 1. The molecule has 88 valence electrons. The maximum absolute atomic E-state index is 6.31. The Kier molecular flexibility index (Phi) is 3.26. The minimum atomic E-state index is 0.474. The van der Waals surface area contributed by atoms with E-state index in [9.17, 15) is 0 Å². The van der Waals surface area contributed by atoms with Gasteiger partial charge in [-0.3, -0.25) is 0 Å². The summed E-state index contributed by atoms with van der Waals surface area (Å²) < 4.78 is 10.6. The molecular formula is C12H16ClNO2. The second-order valence-electron chi connectivity index (χ2n) is 4.05. The normalized spacial score (nSPS) is 19.1. The summed E-state index contributed by atoms with van der Waals surface area (Å²) in [5.74, 6) is 1.33. The zero-order chi connectivity index (χ0) is 11.7. The third-order valence-corrected chi connectivity index (χ3v) is 3.36. The number of halogens is 1. The minimum Gasteiger partial charge on any atom is -0.493 e. The van der Waals surface area contributed by atoms with Crippen LogP contribution in [0.5, 0.6) is 11.5 Å². The van der Waals surface area contributed by atoms with E-state index in [1.807, 2.05) is 6.07 Å². The summed E-state index contributed by atoms with van der Waals surface area (Å²) in [6.45, 7) is 2.95. The standard InChI is InChI=1S/C12H16ClNO2/c1-7-4-8-5-10(15-2)12(16-3)11(13)9(8)6-14-7/h5,7,14H,4,6H2,1-3H3. The molecular weight excluding hydrogens is 226 g/mol. The summed E-state index contributed by atoms with van der Waals surface area (Å²) in [7, 11) is 3.24. The number of rotatable bonds is 2. The lowest BCUT2D eigenvalue weighted by molar-refractivity contribution is 0.353. The van der Waals surface area contributed by atoms with Crippen LogP contribution in [-0.2, 0) is 13.0 Å². The van der Waals surface area contributed by atoms with Gasteiger partial charge in [0.05, 0.1) is 19.2 Å². The predicted molar refractivity (Wildman–Crippen MR) is 64.6 cm³/mol. The molecule has 0 saturated heterocycles. The van der Waals surface area contributed by atoms with Gasteiger partial charge in [-0.25, -0.2) is 0 Å². The first-order chi connectivity index (χ1) is 7.67. The van der Waals surface area contributed by atoms with E-state index < -0.39 is 0 Å². The van der Waals surface area contributed by atoms with E-state index in [2.05, 4.69) is 12.2 Å². The first kappa shape index (κ1) is 11.6. The van der Waals surface area contributed by atoms with Gasteiger partial charge in [-0.05, 0) is 30.5 Å². The number of methoxy groups -OCH3 is 2. The second kappa shape index (κ2) is 4.52. The third-order valence-electron chi connectivity index (χ3n) is 2.96. The molecule has 0 saturated carbocycles. The van der Waals surface area contributed by atoms with E-state index in [0.29, 0.717) is 22.6 Å². The molecule has 16 heavy (non-hydrogen) atoms. The van der Waals surface area contributed by atoms with Crippen LogP contribution in [0.2, 0.25) is 5.02 Å². The van der Waals surface area contributed by atoms with Gasteiger partial charge < -0.3 is 14.8 Å². The maximum atomic E-state index is 6.31. The lowest BCUT2D eigenvalue weighted by Crippen LogP contribution is -2.33. The van der Waals surface area contributed by atoms with Crippen molar-refractivity contribution in [2.75, 3.05) is 14.2 Å². The molecule has 1 aliphatic rings. The van der Waals surface area contributed by atoms with Gasteiger partial charge in [0.2, 0.25) is 0 Å². The van der Waals surface area contributed by atoms with Gasteiger partial charge in [0.15, 0.2) is 11.5 Å². The van der Waals surface area contributed by atoms with Crippen molar-refractivity contribution in [2.24, 2.45) is 0 Å². The Hall–Kier alpha value is -0.930. The molecule has 3 nitrogen and oxygen atoms in total. The average Bonchev–Trinajstić information content (AvgIpc) is 2.28. The molecule has 0 radical (unpaired) electrons. The predicted octanol–water partition coefficient (Wildman–Crippen LogP) is 2.39.